The molecular weight excluding hydrogens is 504 g/mol. The number of rotatable bonds is 8. The van der Waals surface area contributed by atoms with Crippen LogP contribution in [0.25, 0.3) is 22.2 Å². The monoisotopic (exact) mass is 530 g/mol. The summed E-state index contributed by atoms with van der Waals surface area (Å²) < 4.78 is 11.2. The van der Waals surface area contributed by atoms with E-state index >= 15 is 0 Å². The summed E-state index contributed by atoms with van der Waals surface area (Å²) in [6.07, 6.45) is -1.24. The van der Waals surface area contributed by atoms with Gasteiger partial charge in [0, 0.05) is 27.8 Å². The van der Waals surface area contributed by atoms with Gasteiger partial charge in [0.05, 0.1) is 23.9 Å². The third-order valence-corrected chi connectivity index (χ3v) is 6.42. The molecule has 198 valence electrons. The highest BCUT2D eigenvalue weighted by Gasteiger charge is 2.27. The Morgan fingerprint density at radius 3 is 2.25 bits per heavy atom. The maximum Gasteiger partial charge on any atom is 0.340 e. The maximum atomic E-state index is 13.7. The molecule has 1 amide bonds. The summed E-state index contributed by atoms with van der Waals surface area (Å²) in [5.74, 6) is -0.641. The molecule has 0 saturated heterocycles. The summed E-state index contributed by atoms with van der Waals surface area (Å²) in [4.78, 5) is 43.8. The smallest absolute Gasteiger partial charge is 0.340 e. The fourth-order valence-electron chi connectivity index (χ4n) is 4.35. The Labute approximate surface area is 231 Å². The molecule has 0 unspecified atom stereocenters. The van der Waals surface area contributed by atoms with Crippen molar-refractivity contribution in [1.82, 2.24) is 4.98 Å². The lowest BCUT2D eigenvalue weighted by atomic mass is 10.0. The lowest BCUT2D eigenvalue weighted by Gasteiger charge is -2.19. The Balaban J connectivity index is 1.50. The number of ether oxygens (including phenoxy) is 2. The van der Waals surface area contributed by atoms with Crippen molar-refractivity contribution >= 4 is 34.3 Å². The number of fused-ring (bicyclic) bond motifs is 1. The van der Waals surface area contributed by atoms with Crippen molar-refractivity contribution in [1.29, 1.82) is 0 Å². The van der Waals surface area contributed by atoms with Crippen LogP contribution in [0.3, 0.4) is 0 Å². The van der Waals surface area contributed by atoms with E-state index in [1.807, 2.05) is 48.5 Å². The van der Waals surface area contributed by atoms with Crippen molar-refractivity contribution in [3.05, 3.63) is 126 Å². The van der Waals surface area contributed by atoms with Gasteiger partial charge in [0.2, 0.25) is 6.10 Å². The largest absolute Gasteiger partial charge is 0.497 e. The van der Waals surface area contributed by atoms with Crippen molar-refractivity contribution in [2.45, 2.75) is 13.0 Å². The molecule has 5 rings (SSSR count). The molecule has 4 aromatic carbocycles. The number of ketones is 1. The van der Waals surface area contributed by atoms with Crippen LogP contribution in [0.5, 0.6) is 5.75 Å². The first kappa shape index (κ1) is 26.3. The molecule has 0 spiro atoms. The van der Waals surface area contributed by atoms with Gasteiger partial charge in [-0.3, -0.25) is 9.59 Å². The lowest BCUT2D eigenvalue weighted by Crippen LogP contribution is -2.26. The molecule has 0 fully saturated rings. The van der Waals surface area contributed by atoms with E-state index in [1.165, 1.54) is 6.92 Å². The SMILES string of the molecule is COc1ccc(-c2cc(C(=O)O[C@@H](C(=O)Nc3cccc(C(C)=O)c3)c3ccccc3)c3ccccc3n2)cc1. The van der Waals surface area contributed by atoms with Crippen LogP contribution >= 0.6 is 0 Å². The van der Waals surface area contributed by atoms with E-state index in [-0.39, 0.29) is 11.3 Å². The second-order valence-electron chi connectivity index (χ2n) is 9.12. The number of hydrogen-bond donors (Lipinski definition) is 1. The standard InChI is InChI=1S/C33H26N2O5/c1-21(36)24-11-8-12-25(19-24)34-32(37)31(23-9-4-3-5-10-23)40-33(38)28-20-30(22-15-17-26(39-2)18-16-22)35-29-14-7-6-13-27(28)29/h3-20,31H,1-2H3,(H,34,37)/t31-/m1/s1. The van der Waals surface area contributed by atoms with Gasteiger partial charge in [0.25, 0.3) is 5.91 Å². The van der Waals surface area contributed by atoms with Crippen LogP contribution < -0.4 is 10.1 Å². The van der Waals surface area contributed by atoms with E-state index in [9.17, 15) is 14.4 Å². The minimum Gasteiger partial charge on any atom is -0.497 e. The topological polar surface area (TPSA) is 94.6 Å². The normalized spacial score (nSPS) is 11.4. The summed E-state index contributed by atoms with van der Waals surface area (Å²) in [5.41, 5.74) is 3.66. The average Bonchev–Trinajstić information content (AvgIpc) is 2.99. The Bertz CT molecular complexity index is 1700. The van der Waals surface area contributed by atoms with Gasteiger partial charge in [-0.2, -0.15) is 0 Å². The number of benzene rings is 4. The van der Waals surface area contributed by atoms with Gasteiger partial charge in [0.15, 0.2) is 5.78 Å². The molecule has 1 heterocycles. The Kier molecular flexibility index (Phi) is 7.64. The number of carbonyl (C=O) groups is 3. The highest BCUT2D eigenvalue weighted by atomic mass is 16.5. The van der Waals surface area contributed by atoms with Crippen LogP contribution in [-0.2, 0) is 9.53 Å². The third kappa shape index (κ3) is 5.73. The fourth-order valence-corrected chi connectivity index (χ4v) is 4.35. The number of hydrogen-bond acceptors (Lipinski definition) is 6. The average molecular weight is 531 g/mol. The summed E-state index contributed by atoms with van der Waals surface area (Å²) in [6, 6.07) is 31.7. The Morgan fingerprint density at radius 2 is 1.52 bits per heavy atom. The second-order valence-corrected chi connectivity index (χ2v) is 9.12. The third-order valence-electron chi connectivity index (χ3n) is 6.42. The van der Waals surface area contributed by atoms with E-state index in [1.54, 1.807) is 67.8 Å². The molecule has 1 atom stereocenters. The van der Waals surface area contributed by atoms with E-state index < -0.39 is 18.0 Å². The number of amides is 1. The number of nitrogens with one attached hydrogen (secondary N) is 1. The molecule has 0 radical (unpaired) electrons. The Hall–Kier alpha value is -5.30. The highest BCUT2D eigenvalue weighted by Crippen LogP contribution is 2.29. The molecule has 0 aliphatic heterocycles. The molecule has 0 aliphatic carbocycles. The zero-order valence-electron chi connectivity index (χ0n) is 22.0. The van der Waals surface area contributed by atoms with Crippen LogP contribution in [0.2, 0.25) is 0 Å². The van der Waals surface area contributed by atoms with Crippen molar-refractivity contribution < 1.29 is 23.9 Å². The minimum absolute atomic E-state index is 0.126. The first-order valence-electron chi connectivity index (χ1n) is 12.6. The lowest BCUT2D eigenvalue weighted by molar-refractivity contribution is -0.125. The number of pyridine rings is 1. The molecule has 1 N–H and O–H groups in total. The predicted octanol–water partition coefficient (Wildman–Crippen LogP) is 6.65. The molecule has 5 aromatic rings. The van der Waals surface area contributed by atoms with Crippen LogP contribution in [0, 0.1) is 0 Å². The van der Waals surface area contributed by atoms with E-state index in [0.717, 1.165) is 5.56 Å². The maximum absolute atomic E-state index is 13.7. The van der Waals surface area contributed by atoms with Gasteiger partial charge in [-0.05, 0) is 55.5 Å². The van der Waals surface area contributed by atoms with Gasteiger partial charge in [-0.25, -0.2) is 9.78 Å². The van der Waals surface area contributed by atoms with Gasteiger partial charge in [-0.15, -0.1) is 0 Å². The molecule has 40 heavy (non-hydrogen) atoms. The molecule has 0 saturated carbocycles. The number of Topliss-reactive ketones (excluding diaryl/α,β-unsaturated/α-hetero) is 1. The molecule has 1 aromatic heterocycles. The Morgan fingerprint density at radius 1 is 0.800 bits per heavy atom. The minimum atomic E-state index is -1.24. The fraction of sp³-hybridized carbons (Fsp3) is 0.0909. The number of carbonyl (C=O) groups excluding carboxylic acids is 3. The summed E-state index contributed by atoms with van der Waals surface area (Å²) >= 11 is 0. The molecule has 0 bridgehead atoms. The van der Waals surface area contributed by atoms with E-state index in [2.05, 4.69) is 5.32 Å². The summed E-state index contributed by atoms with van der Waals surface area (Å²) in [7, 11) is 1.59. The van der Waals surface area contributed by atoms with Gasteiger partial charge in [0.1, 0.15) is 5.75 Å². The predicted molar refractivity (Wildman–Crippen MR) is 153 cm³/mol. The molecular formula is C33H26N2O5. The number of methoxy groups -OCH3 is 1. The number of esters is 1. The zero-order valence-corrected chi connectivity index (χ0v) is 22.0. The number of anilines is 1. The summed E-state index contributed by atoms with van der Waals surface area (Å²) in [5, 5.41) is 3.39. The van der Waals surface area contributed by atoms with Gasteiger partial charge >= 0.3 is 5.97 Å². The quantitative estimate of drug-likeness (QED) is 0.178. The number of nitrogens with zero attached hydrogens (tertiary/aromatic N) is 1. The van der Waals surface area contributed by atoms with Crippen LogP contribution in [0.15, 0.2) is 109 Å². The number of aromatic nitrogens is 1. The summed E-state index contributed by atoms with van der Waals surface area (Å²) in [6.45, 7) is 1.45. The first-order valence-corrected chi connectivity index (χ1v) is 12.6. The van der Waals surface area contributed by atoms with Crippen LogP contribution in [-0.4, -0.2) is 29.8 Å². The zero-order chi connectivity index (χ0) is 28.1. The van der Waals surface area contributed by atoms with Crippen molar-refractivity contribution in [2.75, 3.05) is 12.4 Å². The van der Waals surface area contributed by atoms with E-state index in [4.69, 9.17) is 14.5 Å². The van der Waals surface area contributed by atoms with Crippen molar-refractivity contribution in [3.63, 3.8) is 0 Å². The van der Waals surface area contributed by atoms with E-state index in [0.29, 0.717) is 39.2 Å². The first-order chi connectivity index (χ1) is 19.4. The van der Waals surface area contributed by atoms with Crippen molar-refractivity contribution in [3.8, 4) is 17.0 Å². The van der Waals surface area contributed by atoms with Crippen LogP contribution in [0.1, 0.15) is 39.3 Å². The van der Waals surface area contributed by atoms with Crippen molar-refractivity contribution in [2.24, 2.45) is 0 Å². The van der Waals surface area contributed by atoms with Crippen LogP contribution in [0.4, 0.5) is 5.69 Å². The second kappa shape index (κ2) is 11.6. The molecule has 7 nitrogen and oxygen atoms in total. The van der Waals surface area contributed by atoms with Gasteiger partial charge in [-0.1, -0.05) is 60.7 Å². The highest BCUT2D eigenvalue weighted by molar-refractivity contribution is 6.06. The molecule has 0 aliphatic rings. The molecule has 7 heteroatoms. The number of para-hydroxylation sites is 1. The van der Waals surface area contributed by atoms with Gasteiger partial charge < -0.3 is 14.8 Å².